The molecule has 0 bridgehead atoms. The first kappa shape index (κ1) is 7.85. The molecule has 0 saturated heterocycles. The maximum atomic E-state index is 12.5. The molecule has 0 amide bonds. The Labute approximate surface area is 62.5 Å². The zero-order valence-corrected chi connectivity index (χ0v) is 5.73. The van der Waals surface area contributed by atoms with Crippen LogP contribution in [0.25, 0.3) is 0 Å². The summed E-state index contributed by atoms with van der Waals surface area (Å²) in [5, 5.41) is 17.4. The maximum Gasteiger partial charge on any atom is 0.208 e. The van der Waals surface area contributed by atoms with E-state index in [2.05, 4.69) is 0 Å². The summed E-state index contributed by atoms with van der Waals surface area (Å²) < 4.78 is 24.9. The van der Waals surface area contributed by atoms with Gasteiger partial charge in [-0.2, -0.15) is 4.39 Å². The van der Waals surface area contributed by atoms with Crippen LogP contribution in [0.3, 0.4) is 0 Å². The fourth-order valence-electron chi connectivity index (χ4n) is 0.717. The van der Waals surface area contributed by atoms with E-state index in [1.165, 1.54) is 7.85 Å². The number of phenolic OH excluding ortho intramolecular Hbond substituents is 2. The minimum absolute atomic E-state index is 0.0535. The summed E-state index contributed by atoms with van der Waals surface area (Å²) in [6.07, 6.45) is 0. The van der Waals surface area contributed by atoms with Crippen LogP contribution < -0.4 is 5.46 Å². The smallest absolute Gasteiger partial charge is 0.208 e. The molecular formula is C6H5BF2O2. The molecule has 0 spiro atoms. The van der Waals surface area contributed by atoms with E-state index in [9.17, 15) is 8.78 Å². The summed E-state index contributed by atoms with van der Waals surface area (Å²) in [6.45, 7) is 0. The maximum absolute atomic E-state index is 12.5. The van der Waals surface area contributed by atoms with Crippen molar-refractivity contribution in [1.29, 1.82) is 0 Å². The lowest BCUT2D eigenvalue weighted by atomic mass is 9.94. The lowest BCUT2D eigenvalue weighted by Gasteiger charge is -2.02. The molecule has 0 aromatic heterocycles. The van der Waals surface area contributed by atoms with Gasteiger partial charge in [-0.1, -0.05) is 0 Å². The Morgan fingerprint density at radius 2 is 1.73 bits per heavy atom. The highest BCUT2D eigenvalue weighted by Crippen LogP contribution is 2.24. The molecule has 1 rings (SSSR count). The van der Waals surface area contributed by atoms with Gasteiger partial charge in [0.1, 0.15) is 13.6 Å². The average Bonchev–Trinajstić information content (AvgIpc) is 1.97. The Hall–Kier alpha value is -1.26. The number of phenols is 2. The summed E-state index contributed by atoms with van der Waals surface area (Å²) in [7, 11) is 1.33. The van der Waals surface area contributed by atoms with Crippen LogP contribution in [0.1, 0.15) is 0 Å². The topological polar surface area (TPSA) is 40.5 Å². The highest BCUT2D eigenvalue weighted by Gasteiger charge is 2.13. The van der Waals surface area contributed by atoms with Gasteiger partial charge < -0.3 is 10.2 Å². The van der Waals surface area contributed by atoms with Gasteiger partial charge in [0.15, 0.2) is 11.6 Å². The van der Waals surface area contributed by atoms with Gasteiger partial charge in [0, 0.05) is 0 Å². The molecule has 58 valence electrons. The molecule has 0 unspecified atom stereocenters. The number of aromatic hydroxyl groups is 2. The second kappa shape index (κ2) is 2.41. The second-order valence-corrected chi connectivity index (χ2v) is 2.19. The van der Waals surface area contributed by atoms with Crippen molar-refractivity contribution in [3.05, 3.63) is 17.7 Å². The Kier molecular flexibility index (Phi) is 1.72. The molecular weight excluding hydrogens is 153 g/mol. The molecule has 0 aliphatic carbocycles. The minimum Gasteiger partial charge on any atom is -0.505 e. The third kappa shape index (κ3) is 1.13. The van der Waals surface area contributed by atoms with E-state index in [4.69, 9.17) is 10.2 Å². The summed E-state index contributed by atoms with van der Waals surface area (Å²) in [5.74, 6) is -4.25. The van der Waals surface area contributed by atoms with E-state index < -0.39 is 23.1 Å². The molecule has 0 heterocycles. The zero-order valence-electron chi connectivity index (χ0n) is 5.73. The van der Waals surface area contributed by atoms with Gasteiger partial charge in [-0.05, 0) is 11.5 Å². The molecule has 0 atom stereocenters. The van der Waals surface area contributed by atoms with Crippen LogP contribution in [0.5, 0.6) is 11.5 Å². The number of halogens is 2. The van der Waals surface area contributed by atoms with Crippen molar-refractivity contribution in [3.8, 4) is 11.5 Å². The predicted molar refractivity (Wildman–Crippen MR) is 37.9 cm³/mol. The zero-order chi connectivity index (χ0) is 8.59. The Balaban J connectivity index is 3.46. The molecule has 1 aromatic carbocycles. The van der Waals surface area contributed by atoms with E-state index in [-0.39, 0.29) is 5.46 Å². The lowest BCUT2D eigenvalue weighted by Crippen LogP contribution is -2.06. The first-order chi connectivity index (χ1) is 5.04. The molecule has 0 fully saturated rings. The number of rotatable bonds is 0. The number of hydrogen-bond donors (Lipinski definition) is 2. The van der Waals surface area contributed by atoms with Gasteiger partial charge in [0.25, 0.3) is 0 Å². The lowest BCUT2D eigenvalue weighted by molar-refractivity contribution is 0.369. The second-order valence-electron chi connectivity index (χ2n) is 2.19. The molecule has 5 heteroatoms. The normalized spacial score (nSPS) is 10.0. The SMILES string of the molecule is Bc1cc(F)c(O)c(F)c1O. The highest BCUT2D eigenvalue weighted by atomic mass is 19.1. The van der Waals surface area contributed by atoms with Gasteiger partial charge in [-0.15, -0.1) is 0 Å². The summed E-state index contributed by atoms with van der Waals surface area (Å²) in [6, 6.07) is 0.855. The van der Waals surface area contributed by atoms with E-state index >= 15 is 0 Å². The highest BCUT2D eigenvalue weighted by molar-refractivity contribution is 6.34. The first-order valence-electron chi connectivity index (χ1n) is 2.90. The fourth-order valence-corrected chi connectivity index (χ4v) is 0.717. The van der Waals surface area contributed by atoms with Crippen LogP contribution >= 0.6 is 0 Å². The third-order valence-corrected chi connectivity index (χ3v) is 1.36. The van der Waals surface area contributed by atoms with Crippen molar-refractivity contribution in [2.45, 2.75) is 0 Å². The van der Waals surface area contributed by atoms with Crippen LogP contribution in [0.2, 0.25) is 0 Å². The monoisotopic (exact) mass is 158 g/mol. The largest absolute Gasteiger partial charge is 0.505 e. The van der Waals surface area contributed by atoms with Crippen molar-refractivity contribution in [2.75, 3.05) is 0 Å². The minimum atomic E-state index is -1.32. The van der Waals surface area contributed by atoms with E-state index in [1.807, 2.05) is 0 Å². The molecule has 0 radical (unpaired) electrons. The Bertz CT molecular complexity index is 275. The van der Waals surface area contributed by atoms with Gasteiger partial charge in [-0.25, -0.2) is 4.39 Å². The predicted octanol–water partition coefficient (Wildman–Crippen LogP) is -0.366. The summed E-state index contributed by atoms with van der Waals surface area (Å²) >= 11 is 0. The average molecular weight is 158 g/mol. The van der Waals surface area contributed by atoms with Crippen molar-refractivity contribution in [3.63, 3.8) is 0 Å². The molecule has 11 heavy (non-hydrogen) atoms. The number of benzene rings is 1. The summed E-state index contributed by atoms with van der Waals surface area (Å²) in [5.41, 5.74) is 0.0535. The van der Waals surface area contributed by atoms with Gasteiger partial charge in [-0.3, -0.25) is 0 Å². The Morgan fingerprint density at radius 1 is 1.18 bits per heavy atom. The van der Waals surface area contributed by atoms with Crippen molar-refractivity contribution in [1.82, 2.24) is 0 Å². The van der Waals surface area contributed by atoms with Crippen molar-refractivity contribution in [2.24, 2.45) is 0 Å². The van der Waals surface area contributed by atoms with Crippen LogP contribution in [-0.2, 0) is 0 Å². The quantitative estimate of drug-likeness (QED) is 0.506. The van der Waals surface area contributed by atoms with Crippen molar-refractivity contribution >= 4 is 13.3 Å². The Morgan fingerprint density at radius 3 is 2.27 bits per heavy atom. The molecule has 2 nitrogen and oxygen atoms in total. The van der Waals surface area contributed by atoms with Gasteiger partial charge in [0.2, 0.25) is 5.82 Å². The van der Waals surface area contributed by atoms with Gasteiger partial charge >= 0.3 is 0 Å². The van der Waals surface area contributed by atoms with E-state index in [1.54, 1.807) is 0 Å². The fraction of sp³-hybridized carbons (Fsp3) is 0. The molecule has 1 aromatic rings. The van der Waals surface area contributed by atoms with Crippen LogP contribution in [0, 0.1) is 11.6 Å². The first-order valence-corrected chi connectivity index (χ1v) is 2.90. The molecule has 0 saturated carbocycles. The molecule has 0 aliphatic rings. The third-order valence-electron chi connectivity index (χ3n) is 1.36. The van der Waals surface area contributed by atoms with Crippen LogP contribution in [0.4, 0.5) is 8.78 Å². The molecule has 0 aliphatic heterocycles. The van der Waals surface area contributed by atoms with Crippen LogP contribution in [-0.4, -0.2) is 18.1 Å². The summed E-state index contributed by atoms with van der Waals surface area (Å²) in [4.78, 5) is 0. The number of hydrogen-bond acceptors (Lipinski definition) is 2. The standard InChI is InChI=1S/C6H5BF2O2/c7-2-1-3(8)6(11)4(9)5(2)10/h1,10-11H,7H2. The van der Waals surface area contributed by atoms with E-state index in [0.29, 0.717) is 0 Å². The molecule has 2 N–H and O–H groups in total. The van der Waals surface area contributed by atoms with Crippen LogP contribution in [0.15, 0.2) is 6.07 Å². The van der Waals surface area contributed by atoms with Gasteiger partial charge in [0.05, 0.1) is 0 Å². The van der Waals surface area contributed by atoms with Crippen molar-refractivity contribution < 1.29 is 19.0 Å². The van der Waals surface area contributed by atoms with E-state index in [0.717, 1.165) is 6.07 Å².